The first-order valence-corrected chi connectivity index (χ1v) is 7.03. The molecule has 0 spiro atoms. The summed E-state index contributed by atoms with van der Waals surface area (Å²) in [5.41, 5.74) is 1.01. The molecule has 2 aromatic heterocycles. The highest BCUT2D eigenvalue weighted by molar-refractivity contribution is 5.66. The highest BCUT2D eigenvalue weighted by atomic mass is 16.5. The van der Waals surface area contributed by atoms with E-state index in [1.165, 1.54) is 11.8 Å². The first kappa shape index (κ1) is 14.8. The minimum atomic E-state index is -0.498. The molecule has 0 aliphatic heterocycles. The summed E-state index contributed by atoms with van der Waals surface area (Å²) < 4.78 is 8.49. The van der Waals surface area contributed by atoms with E-state index in [2.05, 4.69) is 5.10 Å². The molecule has 0 saturated heterocycles. The van der Waals surface area contributed by atoms with Crippen LogP contribution in [0.5, 0.6) is 0 Å². The Labute approximate surface area is 132 Å². The van der Waals surface area contributed by atoms with Crippen molar-refractivity contribution in [1.82, 2.24) is 14.3 Å². The molecular weight excluding hydrogens is 294 g/mol. The Morgan fingerprint density at radius 2 is 2.17 bits per heavy atom. The molecule has 1 atom stereocenters. The number of aromatic nitrogens is 3. The molecule has 0 bridgehead atoms. The van der Waals surface area contributed by atoms with Crippen LogP contribution in [-0.2, 0) is 16.6 Å². The number of rotatable bonds is 3. The Morgan fingerprint density at radius 3 is 2.83 bits per heavy atom. The fourth-order valence-corrected chi connectivity index (χ4v) is 2.66. The van der Waals surface area contributed by atoms with E-state index in [0.29, 0.717) is 22.6 Å². The highest BCUT2D eigenvalue weighted by Gasteiger charge is 2.26. The molecule has 2 aromatic rings. The molecule has 0 fully saturated rings. The average Bonchev–Trinajstić information content (AvgIpc) is 3.10. The Kier molecular flexibility index (Phi) is 3.83. The second-order valence-electron chi connectivity index (χ2n) is 5.16. The quantitative estimate of drug-likeness (QED) is 0.806. The molecule has 2 heterocycles. The maximum atomic E-state index is 12.9. The van der Waals surface area contributed by atoms with Crippen LogP contribution in [0.2, 0.25) is 0 Å². The van der Waals surface area contributed by atoms with E-state index >= 15 is 0 Å². The van der Waals surface area contributed by atoms with Crippen molar-refractivity contribution in [2.24, 2.45) is 7.05 Å². The van der Waals surface area contributed by atoms with Crippen LogP contribution in [0.15, 0.2) is 65.2 Å². The number of carbonyl (C=O) groups excluding carboxylic acids is 1. The molecule has 6 nitrogen and oxygen atoms in total. The van der Waals surface area contributed by atoms with Crippen LogP contribution in [0.25, 0.3) is 5.69 Å². The zero-order valence-electron chi connectivity index (χ0n) is 12.8. The van der Waals surface area contributed by atoms with Crippen molar-refractivity contribution in [1.29, 1.82) is 0 Å². The topological polar surface area (TPSA) is 66.1 Å². The molecule has 0 radical (unpaired) electrons. The molecular formula is C17H15N3O3. The zero-order chi connectivity index (χ0) is 16.4. The van der Waals surface area contributed by atoms with Gasteiger partial charge in [-0.3, -0.25) is 4.79 Å². The van der Waals surface area contributed by atoms with Crippen molar-refractivity contribution in [3.8, 4) is 5.69 Å². The van der Waals surface area contributed by atoms with Gasteiger partial charge in [0.25, 0.3) is 0 Å². The lowest BCUT2D eigenvalue weighted by atomic mass is 9.88. The van der Waals surface area contributed by atoms with Gasteiger partial charge in [-0.2, -0.15) is 5.10 Å². The molecule has 1 aliphatic rings. The second-order valence-corrected chi connectivity index (χ2v) is 5.16. The van der Waals surface area contributed by atoms with Gasteiger partial charge in [0.2, 0.25) is 5.43 Å². The maximum Gasteiger partial charge on any atom is 0.211 e. The fourth-order valence-electron chi connectivity index (χ4n) is 2.66. The standard InChI is InChI=1S/C17H15N3O3/c1-19-9-13(12-5-3-6-16(23-2)14(12)11-21)17(22)15(10-19)20-8-4-7-18-20/h3-10,12H,1-2H3. The first-order valence-electron chi connectivity index (χ1n) is 7.03. The lowest BCUT2D eigenvalue weighted by Gasteiger charge is -2.20. The van der Waals surface area contributed by atoms with Gasteiger partial charge in [-0.15, -0.1) is 0 Å². The average molecular weight is 309 g/mol. The Balaban J connectivity index is 2.18. The van der Waals surface area contributed by atoms with E-state index in [-0.39, 0.29) is 5.43 Å². The van der Waals surface area contributed by atoms with Gasteiger partial charge in [0.05, 0.1) is 12.7 Å². The van der Waals surface area contributed by atoms with Gasteiger partial charge < -0.3 is 9.30 Å². The smallest absolute Gasteiger partial charge is 0.211 e. The van der Waals surface area contributed by atoms with E-state index in [1.54, 1.807) is 53.6 Å². The van der Waals surface area contributed by atoms with Crippen LogP contribution < -0.4 is 5.43 Å². The third-order valence-electron chi connectivity index (χ3n) is 3.71. The molecule has 116 valence electrons. The van der Waals surface area contributed by atoms with E-state index in [1.807, 2.05) is 13.0 Å². The minimum absolute atomic E-state index is 0.188. The number of hydrogen-bond acceptors (Lipinski definition) is 4. The van der Waals surface area contributed by atoms with E-state index in [9.17, 15) is 9.59 Å². The van der Waals surface area contributed by atoms with Gasteiger partial charge in [-0.1, -0.05) is 12.2 Å². The predicted octanol–water partition coefficient (Wildman–Crippen LogP) is 1.51. The van der Waals surface area contributed by atoms with Crippen molar-refractivity contribution in [2.75, 3.05) is 7.11 Å². The number of pyridine rings is 1. The van der Waals surface area contributed by atoms with Crippen molar-refractivity contribution in [3.63, 3.8) is 0 Å². The number of ether oxygens (including phenoxy) is 1. The van der Waals surface area contributed by atoms with E-state index in [4.69, 9.17) is 4.74 Å². The summed E-state index contributed by atoms with van der Waals surface area (Å²) in [6.45, 7) is 0. The first-order chi connectivity index (χ1) is 11.2. The molecule has 0 N–H and O–H groups in total. The SMILES string of the molecule is COC1=CC=CC(c2cn(C)cc(-n3cccn3)c2=O)C1=C=O. The summed E-state index contributed by atoms with van der Waals surface area (Å²) in [5.74, 6) is 1.82. The minimum Gasteiger partial charge on any atom is -0.496 e. The van der Waals surface area contributed by atoms with Gasteiger partial charge in [-0.05, 0) is 12.1 Å². The summed E-state index contributed by atoms with van der Waals surface area (Å²) in [6, 6.07) is 1.75. The van der Waals surface area contributed by atoms with Gasteiger partial charge in [-0.25, -0.2) is 9.48 Å². The summed E-state index contributed by atoms with van der Waals surface area (Å²) >= 11 is 0. The van der Waals surface area contributed by atoms with E-state index in [0.717, 1.165) is 0 Å². The van der Waals surface area contributed by atoms with Crippen molar-refractivity contribution < 1.29 is 9.53 Å². The summed E-state index contributed by atoms with van der Waals surface area (Å²) in [4.78, 5) is 24.2. The van der Waals surface area contributed by atoms with Gasteiger partial charge in [0.1, 0.15) is 17.4 Å². The second kappa shape index (κ2) is 5.94. The molecule has 23 heavy (non-hydrogen) atoms. The fraction of sp³-hybridized carbons (Fsp3) is 0.176. The summed E-state index contributed by atoms with van der Waals surface area (Å²) in [7, 11) is 3.30. The Hall–Kier alpha value is -3.11. The van der Waals surface area contributed by atoms with Gasteiger partial charge in [0, 0.05) is 43.3 Å². The molecule has 1 unspecified atom stereocenters. The maximum absolute atomic E-state index is 12.9. The van der Waals surface area contributed by atoms with Crippen LogP contribution in [0, 0.1) is 0 Å². The third-order valence-corrected chi connectivity index (χ3v) is 3.71. The summed E-state index contributed by atoms with van der Waals surface area (Å²) in [5, 5.41) is 4.11. The Bertz CT molecular complexity index is 898. The molecule has 0 amide bonds. The van der Waals surface area contributed by atoms with Crippen LogP contribution in [0.3, 0.4) is 0 Å². The predicted molar refractivity (Wildman–Crippen MR) is 85.0 cm³/mol. The third kappa shape index (κ3) is 2.56. The van der Waals surface area contributed by atoms with Gasteiger partial charge in [0.15, 0.2) is 0 Å². The number of hydrogen-bond donors (Lipinski definition) is 0. The van der Waals surface area contributed by atoms with Crippen LogP contribution in [-0.4, -0.2) is 27.4 Å². The number of methoxy groups -OCH3 is 1. The van der Waals surface area contributed by atoms with E-state index < -0.39 is 5.92 Å². The summed E-state index contributed by atoms with van der Waals surface area (Å²) in [6.07, 6.45) is 11.9. The van der Waals surface area contributed by atoms with Gasteiger partial charge >= 0.3 is 0 Å². The molecule has 1 aliphatic carbocycles. The molecule has 6 heteroatoms. The number of aryl methyl sites for hydroxylation is 1. The molecule has 3 rings (SSSR count). The molecule has 0 aromatic carbocycles. The monoisotopic (exact) mass is 309 g/mol. The van der Waals surface area contributed by atoms with Crippen molar-refractivity contribution in [3.05, 3.63) is 76.2 Å². The highest BCUT2D eigenvalue weighted by Crippen LogP contribution is 2.31. The lowest BCUT2D eigenvalue weighted by molar-refractivity contribution is 0.297. The van der Waals surface area contributed by atoms with Crippen molar-refractivity contribution >= 4 is 5.94 Å². The normalized spacial score (nSPS) is 16.9. The van der Waals surface area contributed by atoms with Crippen LogP contribution in [0.1, 0.15) is 11.5 Å². The van der Waals surface area contributed by atoms with Crippen LogP contribution in [0.4, 0.5) is 0 Å². The van der Waals surface area contributed by atoms with Crippen LogP contribution >= 0.6 is 0 Å². The Morgan fingerprint density at radius 1 is 1.35 bits per heavy atom. The lowest BCUT2D eigenvalue weighted by Crippen LogP contribution is -2.23. The van der Waals surface area contributed by atoms with Crippen molar-refractivity contribution in [2.45, 2.75) is 5.92 Å². The number of nitrogens with zero attached hydrogens (tertiary/aromatic N) is 3. The molecule has 0 saturated carbocycles. The number of allylic oxidation sites excluding steroid dienone is 4. The zero-order valence-corrected chi connectivity index (χ0v) is 12.8. The largest absolute Gasteiger partial charge is 0.496 e.